The van der Waals surface area contributed by atoms with E-state index in [4.69, 9.17) is 0 Å². The number of carbonyl (C=O) groups is 2. The molecule has 2 aromatic rings. The molecular weight excluding hydrogens is 390 g/mol. The van der Waals surface area contributed by atoms with Crippen molar-refractivity contribution in [2.24, 2.45) is 5.92 Å². The van der Waals surface area contributed by atoms with Gasteiger partial charge in [0.2, 0.25) is 5.91 Å². The normalized spacial score (nSPS) is 17.9. The van der Waals surface area contributed by atoms with Crippen molar-refractivity contribution in [2.45, 2.75) is 32.1 Å². The van der Waals surface area contributed by atoms with Crippen molar-refractivity contribution in [3.8, 4) is 0 Å². The van der Waals surface area contributed by atoms with Gasteiger partial charge in [-0.2, -0.15) is 0 Å². The number of piperazine rings is 1. The highest BCUT2D eigenvalue weighted by molar-refractivity contribution is 6.05. The zero-order chi connectivity index (χ0) is 21.6. The van der Waals surface area contributed by atoms with Crippen LogP contribution in [0.1, 0.15) is 42.5 Å². The van der Waals surface area contributed by atoms with Crippen molar-refractivity contribution in [2.75, 3.05) is 48.8 Å². The van der Waals surface area contributed by atoms with Gasteiger partial charge < -0.3 is 20.4 Å². The van der Waals surface area contributed by atoms with Crippen LogP contribution in [0.3, 0.4) is 0 Å². The lowest BCUT2D eigenvalue weighted by atomic mass is 9.88. The molecule has 1 aromatic heterocycles. The standard InChI is InChI=1S/C24H31N5O2/c1-28-12-14-29(15-13-28)22-11-10-21(17-25-22)27-24(31)19-8-5-9-20(16-19)26-23(30)18-6-3-2-4-7-18/h5,8-11,16-18H,2-4,6-7,12-15H2,1H3,(H,26,30)(H,27,31). The summed E-state index contributed by atoms with van der Waals surface area (Å²) in [7, 11) is 2.12. The van der Waals surface area contributed by atoms with Crippen molar-refractivity contribution in [1.82, 2.24) is 9.88 Å². The molecule has 1 saturated carbocycles. The highest BCUT2D eigenvalue weighted by Crippen LogP contribution is 2.25. The second kappa shape index (κ2) is 9.92. The maximum Gasteiger partial charge on any atom is 0.255 e. The fourth-order valence-electron chi connectivity index (χ4n) is 4.23. The Kier molecular flexibility index (Phi) is 6.82. The lowest BCUT2D eigenvalue weighted by molar-refractivity contribution is -0.120. The Morgan fingerprint density at radius 1 is 0.935 bits per heavy atom. The van der Waals surface area contributed by atoms with Gasteiger partial charge in [-0.3, -0.25) is 9.59 Å². The van der Waals surface area contributed by atoms with Crippen molar-refractivity contribution < 1.29 is 9.59 Å². The van der Waals surface area contributed by atoms with Crippen LogP contribution in [-0.4, -0.2) is 54.9 Å². The van der Waals surface area contributed by atoms with Gasteiger partial charge in [0.15, 0.2) is 0 Å². The largest absolute Gasteiger partial charge is 0.354 e. The van der Waals surface area contributed by atoms with Gasteiger partial charge in [-0.05, 0) is 50.2 Å². The number of nitrogens with zero attached hydrogens (tertiary/aromatic N) is 3. The molecule has 2 fully saturated rings. The second-order valence-electron chi connectivity index (χ2n) is 8.55. The van der Waals surface area contributed by atoms with E-state index in [9.17, 15) is 9.59 Å². The average Bonchev–Trinajstić information content (AvgIpc) is 2.81. The molecule has 7 nitrogen and oxygen atoms in total. The van der Waals surface area contributed by atoms with Gasteiger partial charge in [0.05, 0.1) is 11.9 Å². The zero-order valence-electron chi connectivity index (χ0n) is 18.1. The molecule has 164 valence electrons. The van der Waals surface area contributed by atoms with Gasteiger partial charge in [0, 0.05) is 43.3 Å². The van der Waals surface area contributed by atoms with E-state index in [2.05, 4.69) is 32.5 Å². The Balaban J connectivity index is 1.35. The van der Waals surface area contributed by atoms with E-state index >= 15 is 0 Å². The number of nitrogens with one attached hydrogen (secondary N) is 2. The van der Waals surface area contributed by atoms with Crippen LogP contribution in [0.15, 0.2) is 42.6 Å². The van der Waals surface area contributed by atoms with E-state index < -0.39 is 0 Å². The monoisotopic (exact) mass is 421 g/mol. The average molecular weight is 422 g/mol. The molecular formula is C24H31N5O2. The van der Waals surface area contributed by atoms with E-state index in [1.54, 1.807) is 24.4 Å². The van der Waals surface area contributed by atoms with Crippen molar-refractivity contribution in [1.29, 1.82) is 0 Å². The molecule has 1 aliphatic heterocycles. The SMILES string of the molecule is CN1CCN(c2ccc(NC(=O)c3cccc(NC(=O)C4CCCCC4)c3)cn2)CC1. The topological polar surface area (TPSA) is 77.6 Å². The fraction of sp³-hybridized carbons (Fsp3) is 0.458. The number of benzene rings is 1. The number of hydrogen-bond donors (Lipinski definition) is 2. The minimum Gasteiger partial charge on any atom is -0.354 e. The summed E-state index contributed by atoms with van der Waals surface area (Å²) in [6.45, 7) is 3.95. The van der Waals surface area contributed by atoms with Crippen molar-refractivity contribution in [3.63, 3.8) is 0 Å². The lowest BCUT2D eigenvalue weighted by Crippen LogP contribution is -2.44. The minimum absolute atomic E-state index is 0.0564. The highest BCUT2D eigenvalue weighted by Gasteiger charge is 2.21. The van der Waals surface area contributed by atoms with Gasteiger partial charge in [-0.25, -0.2) is 4.98 Å². The molecule has 7 heteroatoms. The summed E-state index contributed by atoms with van der Waals surface area (Å²) in [4.78, 5) is 34.3. The third-order valence-electron chi connectivity index (χ3n) is 6.20. The van der Waals surface area contributed by atoms with E-state index in [1.165, 1.54) is 6.42 Å². The fourth-order valence-corrected chi connectivity index (χ4v) is 4.23. The number of carbonyl (C=O) groups excluding carboxylic acids is 2. The molecule has 2 N–H and O–H groups in total. The van der Waals surface area contributed by atoms with Crippen molar-refractivity contribution >= 4 is 29.0 Å². The quantitative estimate of drug-likeness (QED) is 0.771. The molecule has 0 atom stereocenters. The van der Waals surface area contributed by atoms with E-state index in [0.29, 0.717) is 16.9 Å². The maximum atomic E-state index is 12.7. The number of pyridine rings is 1. The van der Waals surface area contributed by atoms with Crippen LogP contribution in [0.4, 0.5) is 17.2 Å². The van der Waals surface area contributed by atoms with Crippen LogP contribution < -0.4 is 15.5 Å². The first-order valence-corrected chi connectivity index (χ1v) is 11.2. The molecule has 0 bridgehead atoms. The van der Waals surface area contributed by atoms with E-state index in [0.717, 1.165) is 57.7 Å². The molecule has 31 heavy (non-hydrogen) atoms. The first-order chi connectivity index (χ1) is 15.1. The van der Waals surface area contributed by atoms with Gasteiger partial charge in [-0.1, -0.05) is 25.3 Å². The third kappa shape index (κ3) is 5.61. The van der Waals surface area contributed by atoms with Gasteiger partial charge in [0.1, 0.15) is 5.82 Å². The van der Waals surface area contributed by atoms with Crippen LogP contribution in [0.25, 0.3) is 0 Å². The molecule has 4 rings (SSSR count). The van der Waals surface area contributed by atoms with Gasteiger partial charge in [-0.15, -0.1) is 0 Å². The summed E-state index contributed by atoms with van der Waals surface area (Å²) in [6, 6.07) is 10.9. The molecule has 0 unspecified atom stereocenters. The maximum absolute atomic E-state index is 12.7. The van der Waals surface area contributed by atoms with Crippen LogP contribution >= 0.6 is 0 Å². The lowest BCUT2D eigenvalue weighted by Gasteiger charge is -2.33. The molecule has 1 aliphatic carbocycles. The first kappa shape index (κ1) is 21.3. The predicted octanol–water partition coefficient (Wildman–Crippen LogP) is 3.60. The number of rotatable bonds is 5. The molecule has 0 radical (unpaired) electrons. The summed E-state index contributed by atoms with van der Waals surface area (Å²) >= 11 is 0. The molecule has 1 aromatic carbocycles. The summed E-state index contributed by atoms with van der Waals surface area (Å²) in [5.74, 6) is 0.846. The highest BCUT2D eigenvalue weighted by atomic mass is 16.2. The van der Waals surface area contributed by atoms with Crippen LogP contribution in [-0.2, 0) is 4.79 Å². The van der Waals surface area contributed by atoms with Crippen molar-refractivity contribution in [3.05, 3.63) is 48.2 Å². The van der Waals surface area contributed by atoms with E-state index in [-0.39, 0.29) is 17.7 Å². The Morgan fingerprint density at radius 2 is 1.71 bits per heavy atom. The molecule has 2 aliphatic rings. The van der Waals surface area contributed by atoms with E-state index in [1.807, 2.05) is 18.2 Å². The molecule has 0 spiro atoms. The summed E-state index contributed by atoms with van der Waals surface area (Å²) in [5, 5.41) is 5.88. The smallest absolute Gasteiger partial charge is 0.255 e. The Morgan fingerprint density at radius 3 is 2.42 bits per heavy atom. The predicted molar refractivity (Wildman–Crippen MR) is 124 cm³/mol. The molecule has 2 amide bonds. The third-order valence-corrected chi connectivity index (χ3v) is 6.20. The number of amides is 2. The molecule has 2 heterocycles. The summed E-state index contributed by atoms with van der Waals surface area (Å²) in [6.07, 6.45) is 7.03. The summed E-state index contributed by atoms with van der Waals surface area (Å²) < 4.78 is 0. The second-order valence-corrected chi connectivity index (χ2v) is 8.55. The molecule has 1 saturated heterocycles. The van der Waals surface area contributed by atoms with Gasteiger partial charge in [0.25, 0.3) is 5.91 Å². The number of hydrogen-bond acceptors (Lipinski definition) is 5. The van der Waals surface area contributed by atoms with Crippen LogP contribution in [0.2, 0.25) is 0 Å². The number of aromatic nitrogens is 1. The first-order valence-electron chi connectivity index (χ1n) is 11.2. The number of anilines is 3. The van der Waals surface area contributed by atoms with Crippen LogP contribution in [0, 0.1) is 5.92 Å². The van der Waals surface area contributed by atoms with Crippen LogP contribution in [0.5, 0.6) is 0 Å². The Hall–Kier alpha value is -2.93. The Bertz CT molecular complexity index is 900. The summed E-state index contributed by atoms with van der Waals surface area (Å²) in [5.41, 5.74) is 1.82. The van der Waals surface area contributed by atoms with Gasteiger partial charge >= 0.3 is 0 Å². The number of likely N-dealkylation sites (N-methyl/N-ethyl adjacent to an activating group) is 1. The zero-order valence-corrected chi connectivity index (χ0v) is 18.1. The Labute approximate surface area is 183 Å². The minimum atomic E-state index is -0.220.